The van der Waals surface area contributed by atoms with Gasteiger partial charge in [-0.15, -0.1) is 0 Å². The van der Waals surface area contributed by atoms with E-state index in [1.165, 1.54) is 0 Å². The van der Waals surface area contributed by atoms with Crippen LogP contribution in [0.15, 0.2) is 29.3 Å². The van der Waals surface area contributed by atoms with Crippen LogP contribution in [0.5, 0.6) is 5.75 Å². The standard InChI is InChI=1S/C13H22N4O/c1-3-17(4-2)9-10-18-12-7-5-11(6-8-12)16-13(14)15/h5-8H,3-4,9-10H2,1-2H3,(H4,14,15,16). The molecule has 0 bridgehead atoms. The smallest absolute Gasteiger partial charge is 0.191 e. The first-order chi connectivity index (χ1) is 8.65. The number of rotatable bonds is 7. The normalized spacial score (nSPS) is 10.4. The predicted molar refractivity (Wildman–Crippen MR) is 75.2 cm³/mol. The number of hydrogen-bond acceptors (Lipinski definition) is 3. The lowest BCUT2D eigenvalue weighted by Gasteiger charge is -2.17. The molecule has 0 radical (unpaired) electrons. The van der Waals surface area contributed by atoms with Gasteiger partial charge in [-0.05, 0) is 37.4 Å². The highest BCUT2D eigenvalue weighted by molar-refractivity contribution is 5.78. The van der Waals surface area contributed by atoms with Crippen LogP contribution in [0.4, 0.5) is 5.69 Å². The molecule has 100 valence electrons. The van der Waals surface area contributed by atoms with E-state index in [0.29, 0.717) is 6.61 Å². The van der Waals surface area contributed by atoms with Crippen LogP contribution in [0.2, 0.25) is 0 Å². The molecule has 0 aliphatic heterocycles. The molecule has 1 aromatic rings. The molecular formula is C13H22N4O. The Kier molecular flexibility index (Phi) is 6.00. The van der Waals surface area contributed by atoms with Gasteiger partial charge in [0.15, 0.2) is 5.96 Å². The maximum Gasteiger partial charge on any atom is 0.191 e. The Morgan fingerprint density at radius 2 is 1.78 bits per heavy atom. The van der Waals surface area contributed by atoms with Crippen molar-refractivity contribution in [3.8, 4) is 5.75 Å². The van der Waals surface area contributed by atoms with Gasteiger partial charge in [0.25, 0.3) is 0 Å². The third-order valence-corrected chi connectivity index (χ3v) is 2.67. The van der Waals surface area contributed by atoms with E-state index in [-0.39, 0.29) is 5.96 Å². The number of nitrogens with zero attached hydrogens (tertiary/aromatic N) is 2. The van der Waals surface area contributed by atoms with Crippen molar-refractivity contribution < 1.29 is 4.74 Å². The first-order valence-electron chi connectivity index (χ1n) is 6.20. The van der Waals surface area contributed by atoms with Crippen LogP contribution >= 0.6 is 0 Å². The number of guanidine groups is 1. The molecule has 0 aliphatic carbocycles. The van der Waals surface area contributed by atoms with E-state index < -0.39 is 0 Å². The molecule has 0 saturated carbocycles. The Labute approximate surface area is 108 Å². The fourth-order valence-corrected chi connectivity index (χ4v) is 1.60. The van der Waals surface area contributed by atoms with Gasteiger partial charge < -0.3 is 21.1 Å². The maximum absolute atomic E-state index is 5.65. The monoisotopic (exact) mass is 250 g/mol. The molecular weight excluding hydrogens is 228 g/mol. The van der Waals surface area contributed by atoms with E-state index in [2.05, 4.69) is 23.7 Å². The summed E-state index contributed by atoms with van der Waals surface area (Å²) in [5.41, 5.74) is 11.3. The molecule has 18 heavy (non-hydrogen) atoms. The number of ether oxygens (including phenoxy) is 1. The predicted octanol–water partition coefficient (Wildman–Crippen LogP) is 1.31. The Morgan fingerprint density at radius 3 is 2.28 bits per heavy atom. The van der Waals surface area contributed by atoms with Crippen molar-refractivity contribution >= 4 is 11.6 Å². The maximum atomic E-state index is 5.65. The summed E-state index contributed by atoms with van der Waals surface area (Å²) in [6, 6.07) is 7.38. The van der Waals surface area contributed by atoms with Crippen molar-refractivity contribution in [1.29, 1.82) is 0 Å². The molecule has 0 spiro atoms. The van der Waals surface area contributed by atoms with Crippen LogP contribution < -0.4 is 16.2 Å². The molecule has 1 rings (SSSR count). The van der Waals surface area contributed by atoms with Crippen LogP contribution in [0.3, 0.4) is 0 Å². The van der Waals surface area contributed by atoms with E-state index in [1.807, 2.05) is 24.3 Å². The van der Waals surface area contributed by atoms with Crippen LogP contribution in [0.25, 0.3) is 0 Å². The van der Waals surface area contributed by atoms with E-state index in [4.69, 9.17) is 16.2 Å². The third-order valence-electron chi connectivity index (χ3n) is 2.67. The Hall–Kier alpha value is -1.75. The lowest BCUT2D eigenvalue weighted by molar-refractivity contribution is 0.223. The molecule has 5 nitrogen and oxygen atoms in total. The lowest BCUT2D eigenvalue weighted by Crippen LogP contribution is -2.27. The molecule has 4 N–H and O–H groups in total. The van der Waals surface area contributed by atoms with Gasteiger partial charge >= 0.3 is 0 Å². The zero-order valence-corrected chi connectivity index (χ0v) is 11.1. The second kappa shape index (κ2) is 7.55. The minimum absolute atomic E-state index is 0.0604. The van der Waals surface area contributed by atoms with Crippen LogP contribution in [-0.2, 0) is 0 Å². The molecule has 0 aliphatic rings. The van der Waals surface area contributed by atoms with Crippen molar-refractivity contribution in [3.63, 3.8) is 0 Å². The van der Waals surface area contributed by atoms with E-state index >= 15 is 0 Å². The number of benzene rings is 1. The minimum Gasteiger partial charge on any atom is -0.492 e. The average Bonchev–Trinajstić information content (AvgIpc) is 2.36. The second-order valence-electron chi connectivity index (χ2n) is 3.91. The van der Waals surface area contributed by atoms with Crippen molar-refractivity contribution in [2.75, 3.05) is 26.2 Å². The number of aliphatic imine (C=N–C) groups is 1. The molecule has 5 heteroatoms. The summed E-state index contributed by atoms with van der Waals surface area (Å²) in [6.07, 6.45) is 0. The van der Waals surface area contributed by atoms with Crippen molar-refractivity contribution in [1.82, 2.24) is 4.90 Å². The van der Waals surface area contributed by atoms with Gasteiger partial charge in [-0.2, -0.15) is 0 Å². The molecule has 0 heterocycles. The van der Waals surface area contributed by atoms with Crippen molar-refractivity contribution in [3.05, 3.63) is 24.3 Å². The fraction of sp³-hybridized carbons (Fsp3) is 0.462. The highest BCUT2D eigenvalue weighted by atomic mass is 16.5. The summed E-state index contributed by atoms with van der Waals surface area (Å²) in [4.78, 5) is 6.26. The van der Waals surface area contributed by atoms with E-state index in [1.54, 1.807) is 0 Å². The van der Waals surface area contributed by atoms with Crippen LogP contribution in [-0.4, -0.2) is 37.1 Å². The summed E-state index contributed by atoms with van der Waals surface area (Å²) in [6.45, 7) is 8.00. The zero-order chi connectivity index (χ0) is 13.4. The molecule has 0 amide bonds. The summed E-state index contributed by atoms with van der Waals surface area (Å²) < 4.78 is 5.65. The first kappa shape index (κ1) is 14.3. The average molecular weight is 250 g/mol. The Bertz CT molecular complexity index is 367. The molecule has 0 atom stereocenters. The van der Waals surface area contributed by atoms with Crippen LogP contribution in [0, 0.1) is 0 Å². The van der Waals surface area contributed by atoms with Crippen LogP contribution in [0.1, 0.15) is 13.8 Å². The van der Waals surface area contributed by atoms with Gasteiger partial charge in [-0.1, -0.05) is 13.8 Å². The number of hydrogen-bond donors (Lipinski definition) is 2. The summed E-state index contributed by atoms with van der Waals surface area (Å²) in [5, 5.41) is 0. The summed E-state index contributed by atoms with van der Waals surface area (Å²) >= 11 is 0. The molecule has 1 aromatic carbocycles. The number of nitrogens with two attached hydrogens (primary N) is 2. The van der Waals surface area contributed by atoms with Gasteiger partial charge in [0.2, 0.25) is 0 Å². The SMILES string of the molecule is CCN(CC)CCOc1ccc(N=C(N)N)cc1. The third kappa shape index (κ3) is 5.05. The second-order valence-corrected chi connectivity index (χ2v) is 3.91. The van der Waals surface area contributed by atoms with E-state index in [0.717, 1.165) is 31.1 Å². The van der Waals surface area contributed by atoms with Gasteiger partial charge in [-0.3, -0.25) is 0 Å². The molecule has 0 saturated heterocycles. The van der Waals surface area contributed by atoms with Gasteiger partial charge in [-0.25, -0.2) is 4.99 Å². The first-order valence-corrected chi connectivity index (χ1v) is 6.20. The highest BCUT2D eigenvalue weighted by Gasteiger charge is 1.99. The summed E-state index contributed by atoms with van der Waals surface area (Å²) in [7, 11) is 0. The largest absolute Gasteiger partial charge is 0.492 e. The van der Waals surface area contributed by atoms with Crippen molar-refractivity contribution in [2.45, 2.75) is 13.8 Å². The zero-order valence-electron chi connectivity index (χ0n) is 11.1. The number of likely N-dealkylation sites (N-methyl/N-ethyl adjacent to an activating group) is 1. The molecule has 0 unspecified atom stereocenters. The Morgan fingerprint density at radius 1 is 1.17 bits per heavy atom. The molecule has 0 fully saturated rings. The topological polar surface area (TPSA) is 76.9 Å². The van der Waals surface area contributed by atoms with Crippen molar-refractivity contribution in [2.24, 2.45) is 16.5 Å². The quantitative estimate of drug-likeness (QED) is 0.565. The summed E-state index contributed by atoms with van der Waals surface area (Å²) in [5.74, 6) is 0.891. The van der Waals surface area contributed by atoms with Gasteiger partial charge in [0, 0.05) is 6.54 Å². The highest BCUT2D eigenvalue weighted by Crippen LogP contribution is 2.17. The van der Waals surface area contributed by atoms with Gasteiger partial charge in [0.1, 0.15) is 12.4 Å². The lowest BCUT2D eigenvalue weighted by atomic mass is 10.3. The van der Waals surface area contributed by atoms with Gasteiger partial charge in [0.05, 0.1) is 5.69 Å². The fourth-order valence-electron chi connectivity index (χ4n) is 1.60. The molecule has 0 aromatic heterocycles. The van der Waals surface area contributed by atoms with E-state index in [9.17, 15) is 0 Å². The minimum atomic E-state index is 0.0604. The Balaban J connectivity index is 2.42.